The Balaban J connectivity index is 2.03. The molecule has 3 aromatic rings. The van der Waals surface area contributed by atoms with Gasteiger partial charge in [0.2, 0.25) is 0 Å². The lowest BCUT2D eigenvalue weighted by Gasteiger charge is -2.08. The molecule has 0 unspecified atom stereocenters. The SMILES string of the molecule is CCOC(=O)C(=Cc1cc(Cl)ccc1C#Cc1ccc2ccccc2c1)C(=O)OCC. The predicted molar refractivity (Wildman–Crippen MR) is 123 cm³/mol. The van der Waals surface area contributed by atoms with Crippen molar-refractivity contribution in [3.63, 3.8) is 0 Å². The van der Waals surface area contributed by atoms with Gasteiger partial charge < -0.3 is 9.47 Å². The van der Waals surface area contributed by atoms with Crippen molar-refractivity contribution in [2.75, 3.05) is 13.2 Å². The van der Waals surface area contributed by atoms with Gasteiger partial charge in [-0.2, -0.15) is 0 Å². The van der Waals surface area contributed by atoms with Crippen LogP contribution >= 0.6 is 11.6 Å². The molecule has 5 heteroatoms. The number of carbonyl (C=O) groups excluding carboxylic acids is 2. The summed E-state index contributed by atoms with van der Waals surface area (Å²) in [7, 11) is 0. The van der Waals surface area contributed by atoms with Crippen LogP contribution in [0, 0.1) is 11.8 Å². The zero-order chi connectivity index (χ0) is 22.2. The van der Waals surface area contributed by atoms with Crippen molar-refractivity contribution < 1.29 is 19.1 Å². The summed E-state index contributed by atoms with van der Waals surface area (Å²) >= 11 is 6.15. The number of benzene rings is 3. The second-order valence-electron chi connectivity index (χ2n) is 6.54. The number of rotatable bonds is 5. The van der Waals surface area contributed by atoms with Gasteiger partial charge in [-0.3, -0.25) is 0 Å². The summed E-state index contributed by atoms with van der Waals surface area (Å²) in [6.07, 6.45) is 1.41. The van der Waals surface area contributed by atoms with Gasteiger partial charge in [0.25, 0.3) is 0 Å². The van der Waals surface area contributed by atoms with Crippen LogP contribution in [0.1, 0.15) is 30.5 Å². The molecule has 0 aliphatic heterocycles. The Labute approximate surface area is 186 Å². The number of hydrogen-bond donors (Lipinski definition) is 0. The first-order valence-corrected chi connectivity index (χ1v) is 10.3. The zero-order valence-electron chi connectivity index (χ0n) is 17.3. The van der Waals surface area contributed by atoms with Gasteiger partial charge in [0.1, 0.15) is 5.57 Å². The van der Waals surface area contributed by atoms with Crippen molar-refractivity contribution in [2.24, 2.45) is 0 Å². The fourth-order valence-electron chi connectivity index (χ4n) is 2.95. The molecule has 0 fully saturated rings. The number of fused-ring (bicyclic) bond motifs is 1. The zero-order valence-corrected chi connectivity index (χ0v) is 18.0. The second-order valence-corrected chi connectivity index (χ2v) is 6.98. The van der Waals surface area contributed by atoms with Crippen molar-refractivity contribution in [3.8, 4) is 11.8 Å². The largest absolute Gasteiger partial charge is 0.462 e. The van der Waals surface area contributed by atoms with E-state index in [9.17, 15) is 9.59 Å². The second kappa shape index (κ2) is 10.5. The molecule has 0 amide bonds. The van der Waals surface area contributed by atoms with Gasteiger partial charge >= 0.3 is 11.9 Å². The van der Waals surface area contributed by atoms with Gasteiger partial charge in [0.05, 0.1) is 13.2 Å². The van der Waals surface area contributed by atoms with Crippen molar-refractivity contribution in [1.82, 2.24) is 0 Å². The summed E-state index contributed by atoms with van der Waals surface area (Å²) in [6.45, 7) is 3.61. The molecule has 0 aromatic heterocycles. The van der Waals surface area contributed by atoms with Crippen molar-refractivity contribution >= 4 is 40.4 Å². The molecule has 0 bridgehead atoms. The average molecular weight is 433 g/mol. The highest BCUT2D eigenvalue weighted by molar-refractivity contribution is 6.30. The molecular formula is C26H21ClO4. The molecule has 0 heterocycles. The summed E-state index contributed by atoms with van der Waals surface area (Å²) in [5.74, 6) is 4.74. The Kier molecular flexibility index (Phi) is 7.48. The van der Waals surface area contributed by atoms with E-state index in [4.69, 9.17) is 21.1 Å². The molecule has 0 saturated carbocycles. The number of carbonyl (C=O) groups is 2. The fraction of sp³-hybridized carbons (Fsp3) is 0.154. The summed E-state index contributed by atoms with van der Waals surface area (Å²) in [5.41, 5.74) is 1.78. The normalized spacial score (nSPS) is 10.0. The number of ether oxygens (including phenoxy) is 2. The lowest BCUT2D eigenvalue weighted by Crippen LogP contribution is -2.18. The van der Waals surface area contributed by atoms with Gasteiger partial charge in [0, 0.05) is 16.1 Å². The quantitative estimate of drug-likeness (QED) is 0.178. The standard InChI is InChI=1S/C26H21ClO4/c1-3-30-25(28)24(26(29)31-4-2)17-22-16-23(27)14-13-20(22)12-10-18-9-11-19-7-5-6-8-21(19)15-18/h5-9,11,13-17H,3-4H2,1-2H3. The van der Waals surface area contributed by atoms with Gasteiger partial charge in [-0.15, -0.1) is 0 Å². The highest BCUT2D eigenvalue weighted by Gasteiger charge is 2.21. The summed E-state index contributed by atoms with van der Waals surface area (Å²) in [4.78, 5) is 24.6. The Bertz CT molecular complexity index is 1190. The maximum atomic E-state index is 12.3. The van der Waals surface area contributed by atoms with Crippen molar-refractivity contribution in [1.29, 1.82) is 0 Å². The molecule has 0 radical (unpaired) electrons. The Morgan fingerprint density at radius 1 is 0.871 bits per heavy atom. The highest BCUT2D eigenvalue weighted by Crippen LogP contribution is 2.20. The Morgan fingerprint density at radius 3 is 2.23 bits per heavy atom. The first kappa shape index (κ1) is 22.1. The van der Waals surface area contributed by atoms with E-state index in [0.29, 0.717) is 16.1 Å². The predicted octanol–water partition coefficient (Wildman–Crippen LogP) is 5.40. The van der Waals surface area contributed by atoms with E-state index in [1.807, 2.05) is 42.5 Å². The van der Waals surface area contributed by atoms with Crippen LogP contribution in [0.15, 0.2) is 66.2 Å². The van der Waals surface area contributed by atoms with Gasteiger partial charge in [-0.1, -0.05) is 53.8 Å². The van der Waals surface area contributed by atoms with Crippen LogP contribution in [0.2, 0.25) is 5.02 Å². The fourth-order valence-corrected chi connectivity index (χ4v) is 3.13. The van der Waals surface area contributed by atoms with Crippen LogP contribution in [0.4, 0.5) is 0 Å². The third-order valence-corrected chi connectivity index (χ3v) is 4.63. The first-order valence-electron chi connectivity index (χ1n) is 9.88. The van der Waals surface area contributed by atoms with Crippen LogP contribution in [0.25, 0.3) is 16.8 Å². The highest BCUT2D eigenvalue weighted by atomic mass is 35.5. The van der Waals surface area contributed by atoms with Crippen LogP contribution in [-0.4, -0.2) is 25.2 Å². The number of hydrogen-bond acceptors (Lipinski definition) is 4. The van der Waals surface area contributed by atoms with Crippen molar-refractivity contribution in [3.05, 3.63) is 87.9 Å². The molecule has 0 aliphatic carbocycles. The maximum absolute atomic E-state index is 12.3. The molecular weight excluding hydrogens is 412 g/mol. The Hall–Kier alpha value is -3.55. The van der Waals surface area contributed by atoms with Gasteiger partial charge in [-0.25, -0.2) is 9.59 Å². The first-order chi connectivity index (χ1) is 15.0. The van der Waals surface area contributed by atoms with Gasteiger partial charge in [0.15, 0.2) is 0 Å². The van der Waals surface area contributed by atoms with E-state index in [1.54, 1.807) is 32.0 Å². The molecule has 4 nitrogen and oxygen atoms in total. The summed E-state index contributed by atoms with van der Waals surface area (Å²) in [5, 5.41) is 2.68. The summed E-state index contributed by atoms with van der Waals surface area (Å²) in [6, 6.07) is 19.1. The van der Waals surface area contributed by atoms with Crippen molar-refractivity contribution in [2.45, 2.75) is 13.8 Å². The third kappa shape index (κ3) is 5.75. The molecule has 0 spiro atoms. The topological polar surface area (TPSA) is 52.6 Å². The molecule has 3 rings (SSSR count). The monoisotopic (exact) mass is 432 g/mol. The van der Waals surface area contributed by atoms with E-state index >= 15 is 0 Å². The number of halogens is 1. The minimum atomic E-state index is -0.755. The lowest BCUT2D eigenvalue weighted by atomic mass is 10.0. The van der Waals surface area contributed by atoms with E-state index in [-0.39, 0.29) is 18.8 Å². The molecule has 0 saturated heterocycles. The van der Waals surface area contributed by atoms with E-state index in [1.165, 1.54) is 6.08 Å². The van der Waals surface area contributed by atoms with Crippen LogP contribution < -0.4 is 0 Å². The molecule has 0 N–H and O–H groups in total. The lowest BCUT2D eigenvalue weighted by molar-refractivity contribution is -0.146. The third-order valence-electron chi connectivity index (χ3n) is 4.40. The smallest absolute Gasteiger partial charge is 0.345 e. The molecule has 0 atom stereocenters. The minimum absolute atomic E-state index is 0.139. The molecule has 156 valence electrons. The molecule has 31 heavy (non-hydrogen) atoms. The summed E-state index contributed by atoms with van der Waals surface area (Å²) < 4.78 is 10.0. The average Bonchev–Trinajstić information content (AvgIpc) is 2.77. The molecule has 0 aliphatic rings. The van der Waals surface area contributed by atoms with Crippen LogP contribution in [-0.2, 0) is 19.1 Å². The van der Waals surface area contributed by atoms with E-state index < -0.39 is 11.9 Å². The van der Waals surface area contributed by atoms with E-state index in [2.05, 4.69) is 11.8 Å². The Morgan fingerprint density at radius 2 is 1.55 bits per heavy atom. The number of esters is 2. The van der Waals surface area contributed by atoms with E-state index in [0.717, 1.165) is 16.3 Å². The van der Waals surface area contributed by atoms with Gasteiger partial charge in [-0.05, 0) is 66.6 Å². The van der Waals surface area contributed by atoms with Crippen LogP contribution in [0.5, 0.6) is 0 Å². The van der Waals surface area contributed by atoms with Crippen LogP contribution in [0.3, 0.4) is 0 Å². The minimum Gasteiger partial charge on any atom is -0.462 e. The molecule has 3 aromatic carbocycles. The maximum Gasteiger partial charge on any atom is 0.345 e.